The van der Waals surface area contributed by atoms with E-state index in [0.29, 0.717) is 36.7 Å². The number of carbonyl (C=O) groups is 1. The van der Waals surface area contributed by atoms with Crippen LogP contribution < -0.4 is 19.3 Å². The van der Waals surface area contributed by atoms with Gasteiger partial charge in [-0.25, -0.2) is 9.97 Å². The van der Waals surface area contributed by atoms with Crippen molar-refractivity contribution < 1.29 is 14.3 Å². The number of carbonyl (C=O) groups excluding carboxylic acids is 1. The van der Waals surface area contributed by atoms with Crippen LogP contribution in [0.15, 0.2) is 42.5 Å². The smallest absolute Gasteiger partial charge is 0.228 e. The molecule has 4 rings (SSSR count). The second-order valence-corrected chi connectivity index (χ2v) is 7.05. The minimum Gasteiger partial charge on any atom is -0.497 e. The van der Waals surface area contributed by atoms with Gasteiger partial charge in [-0.15, -0.1) is 0 Å². The SMILES string of the molecule is COc1cc(CCC(=O)N2CCN(C)c3nc4ccccc4nc32)cc(OC)c1. The number of aryl methyl sites for hydroxylation is 1. The number of nitrogens with zero attached hydrogens (tertiary/aromatic N) is 4. The van der Waals surface area contributed by atoms with Crippen molar-refractivity contribution in [3.8, 4) is 11.5 Å². The third kappa shape index (κ3) is 3.81. The van der Waals surface area contributed by atoms with Crippen LogP contribution in [-0.2, 0) is 11.2 Å². The second-order valence-electron chi connectivity index (χ2n) is 7.05. The molecule has 0 spiro atoms. The van der Waals surface area contributed by atoms with Crippen molar-refractivity contribution in [2.45, 2.75) is 12.8 Å². The lowest BCUT2D eigenvalue weighted by atomic mass is 10.1. The van der Waals surface area contributed by atoms with Crippen molar-refractivity contribution in [2.75, 3.05) is 44.2 Å². The fourth-order valence-corrected chi connectivity index (χ4v) is 3.52. The molecule has 0 saturated carbocycles. The van der Waals surface area contributed by atoms with Gasteiger partial charge in [0.2, 0.25) is 5.91 Å². The molecule has 0 bridgehead atoms. The molecule has 1 aromatic heterocycles. The van der Waals surface area contributed by atoms with E-state index in [4.69, 9.17) is 19.4 Å². The Hall–Kier alpha value is -3.35. The number of anilines is 2. The quantitative estimate of drug-likeness (QED) is 0.665. The van der Waals surface area contributed by atoms with Crippen LogP contribution in [0.3, 0.4) is 0 Å². The van der Waals surface area contributed by atoms with Gasteiger partial charge in [-0.2, -0.15) is 0 Å². The van der Waals surface area contributed by atoms with E-state index in [2.05, 4.69) is 0 Å². The number of amides is 1. The van der Waals surface area contributed by atoms with Crippen LogP contribution in [-0.4, -0.2) is 50.2 Å². The highest BCUT2D eigenvalue weighted by Gasteiger charge is 2.28. The van der Waals surface area contributed by atoms with E-state index in [1.165, 1.54) is 0 Å². The first-order chi connectivity index (χ1) is 14.1. The van der Waals surface area contributed by atoms with Crippen molar-refractivity contribution in [3.05, 3.63) is 48.0 Å². The molecule has 0 unspecified atom stereocenters. The van der Waals surface area contributed by atoms with Gasteiger partial charge in [0.05, 0.1) is 25.3 Å². The van der Waals surface area contributed by atoms with Crippen LogP contribution in [0.1, 0.15) is 12.0 Å². The molecule has 7 nitrogen and oxygen atoms in total. The Morgan fingerprint density at radius 3 is 2.21 bits per heavy atom. The summed E-state index contributed by atoms with van der Waals surface area (Å²) >= 11 is 0. The van der Waals surface area contributed by atoms with Crippen LogP contribution in [0.25, 0.3) is 11.0 Å². The molecule has 1 aliphatic heterocycles. The van der Waals surface area contributed by atoms with E-state index in [9.17, 15) is 4.79 Å². The Balaban J connectivity index is 1.57. The van der Waals surface area contributed by atoms with Crippen molar-refractivity contribution in [1.82, 2.24) is 9.97 Å². The summed E-state index contributed by atoms with van der Waals surface area (Å²) in [7, 11) is 5.22. The topological polar surface area (TPSA) is 67.8 Å². The summed E-state index contributed by atoms with van der Waals surface area (Å²) < 4.78 is 10.6. The summed E-state index contributed by atoms with van der Waals surface area (Å²) in [6.07, 6.45) is 0.961. The number of hydrogen-bond donors (Lipinski definition) is 0. The fourth-order valence-electron chi connectivity index (χ4n) is 3.52. The molecule has 1 amide bonds. The van der Waals surface area contributed by atoms with E-state index >= 15 is 0 Å². The Labute approximate surface area is 169 Å². The van der Waals surface area contributed by atoms with Crippen LogP contribution in [0.2, 0.25) is 0 Å². The van der Waals surface area contributed by atoms with Gasteiger partial charge < -0.3 is 14.4 Å². The number of fused-ring (bicyclic) bond motifs is 2. The van der Waals surface area contributed by atoms with Crippen LogP contribution in [0, 0.1) is 0 Å². The van der Waals surface area contributed by atoms with Gasteiger partial charge in [0, 0.05) is 32.6 Å². The molecule has 2 aromatic carbocycles. The van der Waals surface area contributed by atoms with E-state index in [1.807, 2.05) is 54.4 Å². The molecule has 0 fully saturated rings. The van der Waals surface area contributed by atoms with Gasteiger partial charge in [0.1, 0.15) is 11.5 Å². The molecule has 1 aliphatic rings. The van der Waals surface area contributed by atoms with E-state index in [0.717, 1.165) is 29.0 Å². The van der Waals surface area contributed by atoms with Gasteiger partial charge in [-0.1, -0.05) is 12.1 Å². The van der Waals surface area contributed by atoms with Gasteiger partial charge in [0.25, 0.3) is 0 Å². The molecule has 2 heterocycles. The maximum absolute atomic E-state index is 13.1. The fraction of sp³-hybridized carbons (Fsp3) is 0.318. The lowest BCUT2D eigenvalue weighted by Gasteiger charge is -2.33. The summed E-state index contributed by atoms with van der Waals surface area (Å²) in [5.74, 6) is 2.84. The maximum atomic E-state index is 13.1. The average molecular weight is 392 g/mol. The second kappa shape index (κ2) is 7.95. The zero-order valence-corrected chi connectivity index (χ0v) is 16.9. The van der Waals surface area contributed by atoms with Crippen molar-refractivity contribution >= 4 is 28.6 Å². The number of likely N-dealkylation sites (N-methyl/N-ethyl adjacent to an activating group) is 1. The number of aromatic nitrogens is 2. The first-order valence-electron chi connectivity index (χ1n) is 9.59. The Morgan fingerprint density at radius 1 is 0.966 bits per heavy atom. The van der Waals surface area contributed by atoms with E-state index in [1.54, 1.807) is 19.1 Å². The molecular formula is C22H24N4O3. The first kappa shape index (κ1) is 19.0. The van der Waals surface area contributed by atoms with E-state index in [-0.39, 0.29) is 5.91 Å². The lowest BCUT2D eigenvalue weighted by molar-refractivity contribution is -0.118. The van der Waals surface area contributed by atoms with Gasteiger partial charge in [0.15, 0.2) is 11.6 Å². The average Bonchev–Trinajstić information content (AvgIpc) is 2.76. The van der Waals surface area contributed by atoms with Crippen LogP contribution in [0.5, 0.6) is 11.5 Å². The van der Waals surface area contributed by atoms with Crippen molar-refractivity contribution in [2.24, 2.45) is 0 Å². The summed E-state index contributed by atoms with van der Waals surface area (Å²) in [6.45, 7) is 1.32. The van der Waals surface area contributed by atoms with Gasteiger partial charge in [-0.05, 0) is 36.2 Å². The monoisotopic (exact) mass is 392 g/mol. The molecule has 7 heteroatoms. The van der Waals surface area contributed by atoms with Crippen molar-refractivity contribution in [1.29, 1.82) is 0 Å². The van der Waals surface area contributed by atoms with E-state index < -0.39 is 0 Å². The third-order valence-electron chi connectivity index (χ3n) is 5.15. The molecule has 29 heavy (non-hydrogen) atoms. The highest BCUT2D eigenvalue weighted by molar-refractivity contribution is 5.97. The molecule has 3 aromatic rings. The first-order valence-corrected chi connectivity index (χ1v) is 9.59. The summed E-state index contributed by atoms with van der Waals surface area (Å²) in [5.41, 5.74) is 2.61. The van der Waals surface area contributed by atoms with Gasteiger partial charge >= 0.3 is 0 Å². The third-order valence-corrected chi connectivity index (χ3v) is 5.15. The highest BCUT2D eigenvalue weighted by atomic mass is 16.5. The zero-order chi connectivity index (χ0) is 20.4. The molecule has 0 saturated heterocycles. The van der Waals surface area contributed by atoms with Crippen LogP contribution in [0.4, 0.5) is 11.6 Å². The number of ether oxygens (including phenoxy) is 2. The molecule has 0 N–H and O–H groups in total. The summed E-state index contributed by atoms with van der Waals surface area (Å²) in [4.78, 5) is 26.3. The molecule has 0 radical (unpaired) electrons. The predicted molar refractivity (Wildman–Crippen MR) is 113 cm³/mol. The Morgan fingerprint density at radius 2 is 1.59 bits per heavy atom. The Bertz CT molecular complexity index is 1030. The number of benzene rings is 2. The highest BCUT2D eigenvalue weighted by Crippen LogP contribution is 2.31. The van der Waals surface area contributed by atoms with Gasteiger partial charge in [-0.3, -0.25) is 9.69 Å². The molecular weight excluding hydrogens is 368 g/mol. The summed E-state index contributed by atoms with van der Waals surface area (Å²) in [5, 5.41) is 0. The van der Waals surface area contributed by atoms with Crippen molar-refractivity contribution in [3.63, 3.8) is 0 Å². The summed E-state index contributed by atoms with van der Waals surface area (Å²) in [6, 6.07) is 13.4. The number of rotatable bonds is 5. The largest absolute Gasteiger partial charge is 0.497 e. The minimum absolute atomic E-state index is 0.0331. The zero-order valence-electron chi connectivity index (χ0n) is 16.9. The number of methoxy groups -OCH3 is 2. The Kier molecular flexibility index (Phi) is 5.20. The number of hydrogen-bond acceptors (Lipinski definition) is 6. The minimum atomic E-state index is 0.0331. The maximum Gasteiger partial charge on any atom is 0.228 e. The molecule has 150 valence electrons. The predicted octanol–water partition coefficient (Wildman–Crippen LogP) is 3.06. The molecule has 0 atom stereocenters. The normalized spacial score (nSPS) is 13.3. The number of para-hydroxylation sites is 2. The van der Waals surface area contributed by atoms with Crippen LogP contribution >= 0.6 is 0 Å². The molecule has 0 aliphatic carbocycles. The standard InChI is InChI=1S/C22H24N4O3/c1-25-10-11-26(22-21(25)23-18-6-4-5-7-19(18)24-22)20(27)9-8-15-12-16(28-2)14-17(13-15)29-3/h4-7,12-14H,8-11H2,1-3H3. The lowest BCUT2D eigenvalue weighted by Crippen LogP contribution is -2.43.